The zero-order chi connectivity index (χ0) is 9.14. The van der Waals surface area contributed by atoms with E-state index in [0.717, 1.165) is 17.4 Å². The maximum absolute atomic E-state index is 11.4. The molecule has 0 aliphatic carbocycles. The number of hydrogen-bond acceptors (Lipinski definition) is 2. The number of carbonyl (C=O) groups excluding carboxylic acids is 1. The van der Waals surface area contributed by atoms with E-state index in [1.54, 1.807) is 11.8 Å². The lowest BCUT2D eigenvalue weighted by Gasteiger charge is -2.18. The van der Waals surface area contributed by atoms with Crippen molar-refractivity contribution in [3.05, 3.63) is 0 Å². The van der Waals surface area contributed by atoms with Crippen LogP contribution in [0.1, 0.15) is 27.2 Å². The highest BCUT2D eigenvalue weighted by Gasteiger charge is 2.29. The molecule has 0 bridgehead atoms. The summed E-state index contributed by atoms with van der Waals surface area (Å²) >= 11 is 1.80. The van der Waals surface area contributed by atoms with E-state index in [0.29, 0.717) is 17.6 Å². The van der Waals surface area contributed by atoms with Gasteiger partial charge in [-0.3, -0.25) is 4.79 Å². The van der Waals surface area contributed by atoms with Crippen molar-refractivity contribution in [2.75, 3.05) is 11.5 Å². The number of carbonyl (C=O) groups is 1. The van der Waals surface area contributed by atoms with Crippen LogP contribution in [0.3, 0.4) is 0 Å². The molecule has 12 heavy (non-hydrogen) atoms. The van der Waals surface area contributed by atoms with Gasteiger partial charge in [0.15, 0.2) is 0 Å². The maximum atomic E-state index is 11.4. The van der Waals surface area contributed by atoms with E-state index in [2.05, 4.69) is 20.8 Å². The number of rotatable bonds is 3. The van der Waals surface area contributed by atoms with Gasteiger partial charge in [-0.25, -0.2) is 0 Å². The average molecular weight is 186 g/mol. The molecule has 0 saturated carbocycles. The normalized spacial score (nSPS) is 26.7. The van der Waals surface area contributed by atoms with Crippen molar-refractivity contribution < 1.29 is 4.79 Å². The Hall–Kier alpha value is 0.0200. The van der Waals surface area contributed by atoms with E-state index in [4.69, 9.17) is 0 Å². The van der Waals surface area contributed by atoms with Crippen molar-refractivity contribution in [1.29, 1.82) is 0 Å². The Balaban J connectivity index is 2.40. The molecule has 2 heteroatoms. The molecule has 1 fully saturated rings. The Bertz CT molecular complexity index is 165. The maximum Gasteiger partial charge on any atom is 0.146 e. The van der Waals surface area contributed by atoms with Gasteiger partial charge in [-0.05, 0) is 18.3 Å². The highest BCUT2D eigenvalue weighted by molar-refractivity contribution is 8.00. The highest BCUT2D eigenvalue weighted by Crippen LogP contribution is 2.30. The third kappa shape index (κ3) is 2.51. The van der Waals surface area contributed by atoms with Crippen molar-refractivity contribution in [2.24, 2.45) is 17.8 Å². The SMILES string of the molecule is CC(C)CC(C)C1CSCC1=O. The van der Waals surface area contributed by atoms with Gasteiger partial charge in [0.05, 0.1) is 5.75 Å². The molecule has 1 aliphatic heterocycles. The Kier molecular flexibility index (Phi) is 3.63. The summed E-state index contributed by atoms with van der Waals surface area (Å²) in [6.45, 7) is 6.67. The van der Waals surface area contributed by atoms with Crippen LogP contribution in [0.2, 0.25) is 0 Å². The Labute approximate surface area is 79.3 Å². The molecular weight excluding hydrogens is 168 g/mol. The van der Waals surface area contributed by atoms with Gasteiger partial charge in [0.1, 0.15) is 5.78 Å². The third-order valence-corrected chi connectivity index (χ3v) is 3.57. The molecule has 0 radical (unpaired) electrons. The number of Topliss-reactive ketones (excluding diaryl/α,β-unsaturated/α-hetero) is 1. The molecular formula is C10H18OS. The van der Waals surface area contributed by atoms with Crippen LogP contribution in [-0.2, 0) is 4.79 Å². The van der Waals surface area contributed by atoms with Gasteiger partial charge in [0.25, 0.3) is 0 Å². The molecule has 1 rings (SSSR count). The van der Waals surface area contributed by atoms with Crippen LogP contribution in [0.25, 0.3) is 0 Å². The topological polar surface area (TPSA) is 17.1 Å². The van der Waals surface area contributed by atoms with E-state index < -0.39 is 0 Å². The van der Waals surface area contributed by atoms with Crippen LogP contribution in [0, 0.1) is 17.8 Å². The van der Waals surface area contributed by atoms with E-state index in [1.807, 2.05) is 0 Å². The molecule has 0 spiro atoms. The Morgan fingerprint density at radius 3 is 2.58 bits per heavy atom. The largest absolute Gasteiger partial charge is 0.298 e. The fourth-order valence-corrected chi connectivity index (χ4v) is 3.18. The summed E-state index contributed by atoms with van der Waals surface area (Å²) in [5, 5.41) is 0. The second kappa shape index (κ2) is 4.31. The van der Waals surface area contributed by atoms with Crippen molar-refractivity contribution in [3.63, 3.8) is 0 Å². The standard InChI is InChI=1S/C10H18OS/c1-7(2)4-8(3)9-5-12-6-10(9)11/h7-9H,4-6H2,1-3H3. The smallest absolute Gasteiger partial charge is 0.146 e. The van der Waals surface area contributed by atoms with E-state index in [-0.39, 0.29) is 0 Å². The van der Waals surface area contributed by atoms with Gasteiger partial charge in [0, 0.05) is 11.7 Å². The van der Waals surface area contributed by atoms with Crippen LogP contribution in [0.5, 0.6) is 0 Å². The van der Waals surface area contributed by atoms with Gasteiger partial charge in [-0.2, -0.15) is 11.8 Å². The third-order valence-electron chi connectivity index (χ3n) is 2.49. The fourth-order valence-electron chi connectivity index (χ4n) is 1.88. The molecule has 2 atom stereocenters. The summed E-state index contributed by atoms with van der Waals surface area (Å²) in [5.74, 6) is 3.97. The summed E-state index contributed by atoms with van der Waals surface area (Å²) < 4.78 is 0. The first kappa shape index (κ1) is 10.1. The molecule has 0 amide bonds. The lowest BCUT2D eigenvalue weighted by atomic mass is 9.86. The first-order valence-corrected chi connectivity index (χ1v) is 5.87. The van der Waals surface area contributed by atoms with Crippen LogP contribution < -0.4 is 0 Å². The second-order valence-corrected chi connectivity index (χ2v) is 5.23. The summed E-state index contributed by atoms with van der Waals surface area (Å²) in [4.78, 5) is 11.4. The van der Waals surface area contributed by atoms with Crippen LogP contribution in [0.15, 0.2) is 0 Å². The van der Waals surface area contributed by atoms with Crippen molar-refractivity contribution in [3.8, 4) is 0 Å². The van der Waals surface area contributed by atoms with Gasteiger partial charge in [-0.15, -0.1) is 0 Å². The van der Waals surface area contributed by atoms with E-state index in [1.165, 1.54) is 6.42 Å². The lowest BCUT2D eigenvalue weighted by Crippen LogP contribution is -2.21. The first-order chi connectivity index (χ1) is 5.61. The van der Waals surface area contributed by atoms with Crippen molar-refractivity contribution in [1.82, 2.24) is 0 Å². The zero-order valence-corrected chi connectivity index (χ0v) is 8.99. The minimum atomic E-state index is 0.359. The predicted octanol–water partition coefficient (Wildman–Crippen LogP) is 2.60. The first-order valence-electron chi connectivity index (χ1n) is 4.71. The van der Waals surface area contributed by atoms with Crippen molar-refractivity contribution in [2.45, 2.75) is 27.2 Å². The summed E-state index contributed by atoms with van der Waals surface area (Å²) in [5.41, 5.74) is 0. The van der Waals surface area contributed by atoms with E-state index >= 15 is 0 Å². The lowest BCUT2D eigenvalue weighted by molar-refractivity contribution is -0.120. The summed E-state index contributed by atoms with van der Waals surface area (Å²) in [6.07, 6.45) is 1.19. The van der Waals surface area contributed by atoms with E-state index in [9.17, 15) is 4.79 Å². The molecule has 0 aromatic rings. The minimum Gasteiger partial charge on any atom is -0.298 e. The Morgan fingerprint density at radius 2 is 2.17 bits per heavy atom. The molecule has 1 aliphatic rings. The molecule has 0 N–H and O–H groups in total. The van der Waals surface area contributed by atoms with Gasteiger partial charge in [-0.1, -0.05) is 20.8 Å². The number of hydrogen-bond donors (Lipinski definition) is 0. The second-order valence-electron chi connectivity index (χ2n) is 4.19. The minimum absolute atomic E-state index is 0.359. The van der Waals surface area contributed by atoms with Gasteiger partial charge >= 0.3 is 0 Å². The van der Waals surface area contributed by atoms with Crippen LogP contribution >= 0.6 is 11.8 Å². The molecule has 1 heterocycles. The average Bonchev–Trinajstić information content (AvgIpc) is 2.33. The van der Waals surface area contributed by atoms with Gasteiger partial charge < -0.3 is 0 Å². The molecule has 0 aromatic carbocycles. The number of ketones is 1. The monoisotopic (exact) mass is 186 g/mol. The van der Waals surface area contributed by atoms with Gasteiger partial charge in [0.2, 0.25) is 0 Å². The van der Waals surface area contributed by atoms with Crippen LogP contribution in [-0.4, -0.2) is 17.3 Å². The quantitative estimate of drug-likeness (QED) is 0.674. The Morgan fingerprint density at radius 1 is 1.50 bits per heavy atom. The fraction of sp³-hybridized carbons (Fsp3) is 0.900. The van der Waals surface area contributed by atoms with Crippen LogP contribution in [0.4, 0.5) is 0 Å². The summed E-state index contributed by atoms with van der Waals surface area (Å²) in [7, 11) is 0. The molecule has 1 nitrogen and oxygen atoms in total. The zero-order valence-electron chi connectivity index (χ0n) is 8.17. The molecule has 0 aromatic heterocycles. The molecule has 70 valence electrons. The highest BCUT2D eigenvalue weighted by atomic mass is 32.2. The molecule has 2 unspecified atom stereocenters. The predicted molar refractivity (Wildman–Crippen MR) is 54.4 cm³/mol. The van der Waals surface area contributed by atoms with Crippen molar-refractivity contribution >= 4 is 17.5 Å². The molecule has 1 saturated heterocycles. The summed E-state index contributed by atoms with van der Waals surface area (Å²) in [6, 6.07) is 0. The number of thioether (sulfide) groups is 1.